The molecule has 0 aliphatic heterocycles. The summed E-state index contributed by atoms with van der Waals surface area (Å²) in [6, 6.07) is -0.169. The smallest absolute Gasteiger partial charge is 0.407 e. The fraction of sp³-hybridized carbons (Fsp3) is 0.968. The highest BCUT2D eigenvalue weighted by Gasteiger charge is 2.64. The average Bonchev–Trinajstić information content (AvgIpc) is 3.42. The number of aliphatic hydroxyl groups excluding tert-OH is 3. The number of nitrogens with one attached hydrogen (secondary N) is 1. The molecule has 4 N–H and O–H groups in total. The number of carbonyl (C=O) groups excluding carboxylic acids is 1. The van der Waals surface area contributed by atoms with E-state index in [0.29, 0.717) is 48.0 Å². The van der Waals surface area contributed by atoms with E-state index in [4.69, 9.17) is 4.74 Å². The maximum Gasteiger partial charge on any atom is 0.407 e. The van der Waals surface area contributed by atoms with Crippen molar-refractivity contribution in [1.29, 1.82) is 0 Å². The van der Waals surface area contributed by atoms with Gasteiger partial charge in [-0.15, -0.1) is 0 Å². The molecule has 0 spiro atoms. The van der Waals surface area contributed by atoms with Gasteiger partial charge in [-0.1, -0.05) is 34.1 Å². The molecule has 0 radical (unpaired) electrons. The number of ether oxygens (including phenoxy) is 1. The molecule has 0 bridgehead atoms. The van der Waals surface area contributed by atoms with Gasteiger partial charge in [0.15, 0.2) is 0 Å². The maximum absolute atomic E-state index is 12.3. The summed E-state index contributed by atoms with van der Waals surface area (Å²) in [5, 5.41) is 35.2. The van der Waals surface area contributed by atoms with E-state index in [-0.39, 0.29) is 29.1 Å². The van der Waals surface area contributed by atoms with Crippen LogP contribution in [-0.2, 0) is 4.74 Å². The molecule has 5 rings (SSSR count). The van der Waals surface area contributed by atoms with E-state index < -0.39 is 12.2 Å². The summed E-state index contributed by atoms with van der Waals surface area (Å²) in [7, 11) is 0. The topological polar surface area (TPSA) is 99.0 Å². The highest BCUT2D eigenvalue weighted by Crippen LogP contribution is 2.69. The van der Waals surface area contributed by atoms with Gasteiger partial charge in [0.1, 0.15) is 0 Å². The minimum Gasteiger partial charge on any atom is -0.450 e. The summed E-state index contributed by atoms with van der Waals surface area (Å²) in [6.45, 7) is 9.99. The molecule has 0 unspecified atom stereocenters. The summed E-state index contributed by atoms with van der Waals surface area (Å²) in [4.78, 5) is 12.3. The summed E-state index contributed by atoms with van der Waals surface area (Å²) in [5.41, 5.74) is 0.469. The Morgan fingerprint density at radius 2 is 1.70 bits per heavy atom. The van der Waals surface area contributed by atoms with Crippen LogP contribution in [-0.4, -0.2) is 52.4 Å². The first-order valence-electron chi connectivity index (χ1n) is 15.6. The molecule has 5 aliphatic carbocycles. The predicted octanol–water partition coefficient (Wildman–Crippen LogP) is 5.28. The fourth-order valence-corrected chi connectivity index (χ4v) is 10.8. The Kier molecular flexibility index (Phi) is 7.95. The van der Waals surface area contributed by atoms with Crippen LogP contribution in [0, 0.1) is 52.3 Å². The summed E-state index contributed by atoms with van der Waals surface area (Å²) in [6.07, 6.45) is 10.8. The first-order chi connectivity index (χ1) is 17.6. The van der Waals surface area contributed by atoms with Crippen LogP contribution in [0.5, 0.6) is 0 Å². The van der Waals surface area contributed by atoms with Crippen molar-refractivity contribution in [2.45, 2.75) is 129 Å². The monoisotopic (exact) mass is 519 g/mol. The van der Waals surface area contributed by atoms with Crippen molar-refractivity contribution in [2.24, 2.45) is 52.3 Å². The van der Waals surface area contributed by atoms with E-state index in [1.807, 2.05) is 0 Å². The lowest BCUT2D eigenvalue weighted by molar-refractivity contribution is -0.203. The number of aliphatic hydroxyl groups is 3. The van der Waals surface area contributed by atoms with Crippen molar-refractivity contribution < 1.29 is 24.9 Å². The Morgan fingerprint density at radius 1 is 0.973 bits per heavy atom. The van der Waals surface area contributed by atoms with E-state index in [1.165, 1.54) is 25.7 Å². The van der Waals surface area contributed by atoms with Crippen molar-refractivity contribution in [3.8, 4) is 0 Å². The van der Waals surface area contributed by atoms with Gasteiger partial charge in [-0.25, -0.2) is 4.79 Å². The zero-order chi connectivity index (χ0) is 26.5. The van der Waals surface area contributed by atoms with Gasteiger partial charge >= 0.3 is 6.09 Å². The first-order valence-corrected chi connectivity index (χ1v) is 15.6. The quantitative estimate of drug-likeness (QED) is 0.383. The highest BCUT2D eigenvalue weighted by atomic mass is 16.5. The number of hydrogen-bond acceptors (Lipinski definition) is 5. The van der Waals surface area contributed by atoms with Gasteiger partial charge < -0.3 is 25.4 Å². The number of alkyl carbamates (subject to hydrolysis) is 1. The lowest BCUT2D eigenvalue weighted by Crippen LogP contribution is -2.62. The van der Waals surface area contributed by atoms with Gasteiger partial charge in [0.05, 0.1) is 31.0 Å². The van der Waals surface area contributed by atoms with Crippen LogP contribution in [0.2, 0.25) is 0 Å². The molecule has 6 nitrogen and oxygen atoms in total. The van der Waals surface area contributed by atoms with Crippen LogP contribution >= 0.6 is 0 Å². The van der Waals surface area contributed by atoms with Crippen LogP contribution in [0.25, 0.3) is 0 Å². The van der Waals surface area contributed by atoms with Gasteiger partial charge in [-0.05, 0) is 123 Å². The molecular formula is C31H53NO5. The number of amides is 1. The molecule has 0 aromatic rings. The Morgan fingerprint density at radius 3 is 2.41 bits per heavy atom. The molecule has 1 amide bonds. The van der Waals surface area contributed by atoms with Crippen molar-refractivity contribution in [3.63, 3.8) is 0 Å². The minimum atomic E-state index is -0.448. The molecule has 5 saturated carbocycles. The Labute approximate surface area is 224 Å². The van der Waals surface area contributed by atoms with Gasteiger partial charge in [-0.3, -0.25) is 0 Å². The van der Waals surface area contributed by atoms with Crippen LogP contribution in [0.4, 0.5) is 4.79 Å². The summed E-state index contributed by atoms with van der Waals surface area (Å²) in [5.74, 6) is 3.28. The number of fused-ring (bicyclic) bond motifs is 5. The van der Waals surface area contributed by atoms with Gasteiger partial charge in [0, 0.05) is 0 Å². The van der Waals surface area contributed by atoms with Crippen LogP contribution in [0.3, 0.4) is 0 Å². The normalized spacial score (nSPS) is 50.0. The van der Waals surface area contributed by atoms with Crippen LogP contribution in [0.15, 0.2) is 0 Å². The molecule has 6 heteroatoms. The molecule has 5 fully saturated rings. The Hall–Kier alpha value is -0.850. The SMILES string of the molecule is CC[C@H]1[C@@H](O)[C@@H]2[C@H](CC[C@]3(C)[C@@H]([C@H](C)CCOC(=O)N[C@H]4CCC[C@@H]4O)CC[C@@H]23)[C@@]2(C)CC[C@@H](O)C[C@@H]12. The molecule has 0 aromatic heterocycles. The largest absolute Gasteiger partial charge is 0.450 e. The lowest BCUT2D eigenvalue weighted by Gasteiger charge is -2.64. The summed E-state index contributed by atoms with van der Waals surface area (Å²) >= 11 is 0. The first kappa shape index (κ1) is 27.7. The predicted molar refractivity (Wildman–Crippen MR) is 144 cm³/mol. The highest BCUT2D eigenvalue weighted by molar-refractivity contribution is 5.67. The van der Waals surface area contributed by atoms with E-state index in [0.717, 1.165) is 51.4 Å². The fourth-order valence-electron chi connectivity index (χ4n) is 10.8. The second-order valence-electron chi connectivity index (χ2n) is 14.3. The molecule has 0 saturated heterocycles. The second-order valence-corrected chi connectivity index (χ2v) is 14.3. The second kappa shape index (κ2) is 10.6. The molecule has 5 aliphatic rings. The number of rotatable bonds is 6. The van der Waals surface area contributed by atoms with Gasteiger partial charge in [0.25, 0.3) is 0 Å². The zero-order valence-corrected chi connectivity index (χ0v) is 23.7. The van der Waals surface area contributed by atoms with Crippen LogP contribution < -0.4 is 5.32 Å². The molecule has 212 valence electrons. The third-order valence-corrected chi connectivity index (χ3v) is 12.7. The third-order valence-electron chi connectivity index (χ3n) is 12.7. The van der Waals surface area contributed by atoms with E-state index in [2.05, 4.69) is 33.0 Å². The van der Waals surface area contributed by atoms with Gasteiger partial charge in [0.2, 0.25) is 0 Å². The molecule has 37 heavy (non-hydrogen) atoms. The molecular weight excluding hydrogens is 466 g/mol. The van der Waals surface area contributed by atoms with Crippen molar-refractivity contribution >= 4 is 6.09 Å². The Bertz CT molecular complexity index is 821. The van der Waals surface area contributed by atoms with Crippen molar-refractivity contribution in [2.75, 3.05) is 6.61 Å². The van der Waals surface area contributed by atoms with E-state index >= 15 is 0 Å². The average molecular weight is 520 g/mol. The van der Waals surface area contributed by atoms with Crippen molar-refractivity contribution in [1.82, 2.24) is 5.32 Å². The van der Waals surface area contributed by atoms with Crippen LogP contribution in [0.1, 0.15) is 105 Å². The summed E-state index contributed by atoms with van der Waals surface area (Å²) < 4.78 is 5.54. The molecule has 0 heterocycles. The molecule has 0 aromatic carbocycles. The van der Waals surface area contributed by atoms with Gasteiger partial charge in [-0.2, -0.15) is 0 Å². The lowest BCUT2D eigenvalue weighted by atomic mass is 9.41. The van der Waals surface area contributed by atoms with E-state index in [1.54, 1.807) is 0 Å². The maximum atomic E-state index is 12.3. The molecule has 13 atom stereocenters. The standard InChI is InChI=1S/C31H53NO5/c1-5-20-24-17-19(33)11-14-31(24,4)23-12-15-30(3)21(9-10-22(30)27(23)28(20)35)18(2)13-16-37-29(36)32-25-7-6-8-26(25)34/h18-28,33-35H,5-17H2,1-4H3,(H,32,36)/t18-,19-,20-,21-,22+,23+,24+,25+,26+,27+,28-,30-,31-/m1/s1. The van der Waals surface area contributed by atoms with Crippen molar-refractivity contribution in [3.05, 3.63) is 0 Å². The third kappa shape index (κ3) is 4.75. The number of hydrogen-bond donors (Lipinski definition) is 4. The Balaban J connectivity index is 1.23. The zero-order valence-electron chi connectivity index (χ0n) is 23.7. The minimum absolute atomic E-state index is 0.169. The number of carbonyl (C=O) groups is 1. The van der Waals surface area contributed by atoms with E-state index in [9.17, 15) is 20.1 Å².